The first-order chi connectivity index (χ1) is 11.8. The van der Waals surface area contributed by atoms with Crippen LogP contribution >= 0.6 is 11.8 Å². The smallest absolute Gasteiger partial charge is 0.128 e. The van der Waals surface area contributed by atoms with Gasteiger partial charge in [-0.05, 0) is 49.2 Å². The summed E-state index contributed by atoms with van der Waals surface area (Å²) in [6.07, 6.45) is 0. The van der Waals surface area contributed by atoms with E-state index in [1.807, 2.05) is 49.9 Å². The van der Waals surface area contributed by atoms with Crippen LogP contribution in [0.5, 0.6) is 11.5 Å². The summed E-state index contributed by atoms with van der Waals surface area (Å²) in [5.74, 6) is 3.34. The van der Waals surface area contributed by atoms with Crippen molar-refractivity contribution in [3.05, 3.63) is 59.7 Å². The van der Waals surface area contributed by atoms with E-state index in [4.69, 9.17) is 14.2 Å². The van der Waals surface area contributed by atoms with Crippen LogP contribution in [0.1, 0.15) is 36.3 Å². The first kappa shape index (κ1) is 17.2. The van der Waals surface area contributed by atoms with E-state index in [0.29, 0.717) is 19.1 Å². The SMILES string of the molecule is CCOc1ccc([C@H]2CO[C@H](c3ccc(OCC)cc3)SC2)cc1. The fourth-order valence-electron chi connectivity index (χ4n) is 2.78. The van der Waals surface area contributed by atoms with E-state index in [-0.39, 0.29) is 5.44 Å². The average molecular weight is 344 g/mol. The summed E-state index contributed by atoms with van der Waals surface area (Å²) in [5.41, 5.74) is 2.63. The Bertz CT molecular complexity index is 559. The molecule has 24 heavy (non-hydrogen) atoms. The predicted molar refractivity (Wildman–Crippen MR) is 99.1 cm³/mol. The van der Waals surface area contributed by atoms with Crippen molar-refractivity contribution in [2.45, 2.75) is 25.2 Å². The van der Waals surface area contributed by atoms with Gasteiger partial charge in [0.25, 0.3) is 0 Å². The van der Waals surface area contributed by atoms with Crippen molar-refractivity contribution in [1.82, 2.24) is 0 Å². The molecule has 1 fully saturated rings. The molecule has 0 amide bonds. The van der Waals surface area contributed by atoms with Crippen LogP contribution in [-0.4, -0.2) is 25.6 Å². The molecule has 2 aromatic carbocycles. The molecular weight excluding hydrogens is 320 g/mol. The van der Waals surface area contributed by atoms with Crippen LogP contribution in [0.25, 0.3) is 0 Å². The zero-order valence-corrected chi connectivity index (χ0v) is 15.1. The van der Waals surface area contributed by atoms with Crippen LogP contribution in [0.15, 0.2) is 48.5 Å². The van der Waals surface area contributed by atoms with Gasteiger partial charge in [-0.15, -0.1) is 11.8 Å². The van der Waals surface area contributed by atoms with E-state index in [1.165, 1.54) is 11.1 Å². The average Bonchev–Trinajstić information content (AvgIpc) is 2.64. The molecule has 2 aromatic rings. The van der Waals surface area contributed by atoms with Crippen LogP contribution in [0.2, 0.25) is 0 Å². The first-order valence-electron chi connectivity index (χ1n) is 8.49. The van der Waals surface area contributed by atoms with Gasteiger partial charge in [0.05, 0.1) is 19.8 Å². The van der Waals surface area contributed by atoms with E-state index < -0.39 is 0 Å². The minimum absolute atomic E-state index is 0.111. The maximum Gasteiger partial charge on any atom is 0.128 e. The molecule has 128 valence electrons. The maximum absolute atomic E-state index is 6.10. The highest BCUT2D eigenvalue weighted by Crippen LogP contribution is 2.40. The van der Waals surface area contributed by atoms with Gasteiger partial charge in [0.15, 0.2) is 0 Å². The number of ether oxygens (including phenoxy) is 3. The van der Waals surface area contributed by atoms with Gasteiger partial charge in [0, 0.05) is 11.7 Å². The standard InChI is InChI=1S/C20H24O3S/c1-3-21-18-9-5-15(6-10-18)17-13-23-20(24-14-17)16-7-11-19(12-8-16)22-4-2/h5-12,17,20H,3-4,13-14H2,1-2H3/t17-,20-/m0/s1. The second-order valence-corrected chi connectivity index (χ2v) is 6.79. The molecule has 1 aliphatic rings. The molecule has 3 nitrogen and oxygen atoms in total. The van der Waals surface area contributed by atoms with Gasteiger partial charge in [-0.25, -0.2) is 0 Å². The van der Waals surface area contributed by atoms with Gasteiger partial charge in [-0.2, -0.15) is 0 Å². The fraction of sp³-hybridized carbons (Fsp3) is 0.400. The molecule has 1 aliphatic heterocycles. The van der Waals surface area contributed by atoms with Crippen molar-refractivity contribution < 1.29 is 14.2 Å². The summed E-state index contributed by atoms with van der Waals surface area (Å²) in [5, 5.41) is 0. The third-order valence-corrected chi connectivity index (χ3v) is 5.33. The van der Waals surface area contributed by atoms with Gasteiger partial charge < -0.3 is 14.2 Å². The zero-order valence-electron chi connectivity index (χ0n) is 14.2. The van der Waals surface area contributed by atoms with Crippen LogP contribution in [-0.2, 0) is 4.74 Å². The lowest BCUT2D eigenvalue weighted by atomic mass is 10.0. The number of hydrogen-bond acceptors (Lipinski definition) is 4. The zero-order chi connectivity index (χ0) is 16.8. The van der Waals surface area contributed by atoms with Crippen molar-refractivity contribution in [3.63, 3.8) is 0 Å². The van der Waals surface area contributed by atoms with E-state index in [9.17, 15) is 0 Å². The molecule has 0 radical (unpaired) electrons. The summed E-state index contributed by atoms with van der Waals surface area (Å²) in [6, 6.07) is 16.6. The molecule has 1 heterocycles. The highest BCUT2D eigenvalue weighted by atomic mass is 32.2. The Morgan fingerprint density at radius 3 is 1.88 bits per heavy atom. The van der Waals surface area contributed by atoms with Gasteiger partial charge in [-0.1, -0.05) is 24.3 Å². The van der Waals surface area contributed by atoms with Crippen LogP contribution in [0.3, 0.4) is 0 Å². The Hall–Kier alpha value is -1.65. The minimum Gasteiger partial charge on any atom is -0.494 e. The molecule has 3 rings (SSSR count). The lowest BCUT2D eigenvalue weighted by molar-refractivity contribution is 0.0948. The highest BCUT2D eigenvalue weighted by molar-refractivity contribution is 7.99. The van der Waals surface area contributed by atoms with E-state index in [1.54, 1.807) is 0 Å². The quantitative estimate of drug-likeness (QED) is 0.734. The Morgan fingerprint density at radius 1 is 0.875 bits per heavy atom. The molecule has 0 N–H and O–H groups in total. The van der Waals surface area contributed by atoms with Gasteiger partial charge >= 0.3 is 0 Å². The molecule has 0 spiro atoms. The van der Waals surface area contributed by atoms with Crippen molar-refractivity contribution in [2.75, 3.05) is 25.6 Å². The Balaban J connectivity index is 1.56. The van der Waals surface area contributed by atoms with Crippen LogP contribution < -0.4 is 9.47 Å². The largest absolute Gasteiger partial charge is 0.494 e. The van der Waals surface area contributed by atoms with Crippen LogP contribution in [0.4, 0.5) is 0 Å². The summed E-state index contributed by atoms with van der Waals surface area (Å²) >= 11 is 1.86. The Labute approximate surface area is 148 Å². The number of rotatable bonds is 6. The van der Waals surface area contributed by atoms with Crippen molar-refractivity contribution in [3.8, 4) is 11.5 Å². The molecule has 2 atom stereocenters. The highest BCUT2D eigenvalue weighted by Gasteiger charge is 2.24. The third-order valence-electron chi connectivity index (χ3n) is 4.02. The molecule has 0 unspecified atom stereocenters. The van der Waals surface area contributed by atoms with Gasteiger partial charge in [0.1, 0.15) is 16.9 Å². The minimum atomic E-state index is 0.111. The van der Waals surface area contributed by atoms with Gasteiger partial charge in [0.2, 0.25) is 0 Å². The van der Waals surface area contributed by atoms with E-state index in [2.05, 4.69) is 24.3 Å². The van der Waals surface area contributed by atoms with Crippen molar-refractivity contribution in [2.24, 2.45) is 0 Å². The Morgan fingerprint density at radius 2 is 1.42 bits per heavy atom. The monoisotopic (exact) mass is 344 g/mol. The maximum atomic E-state index is 6.10. The van der Waals surface area contributed by atoms with Crippen LogP contribution in [0, 0.1) is 0 Å². The molecule has 0 saturated carbocycles. The van der Waals surface area contributed by atoms with Crippen molar-refractivity contribution in [1.29, 1.82) is 0 Å². The topological polar surface area (TPSA) is 27.7 Å². The normalized spacial score (nSPS) is 20.6. The van der Waals surface area contributed by atoms with Gasteiger partial charge in [-0.3, -0.25) is 0 Å². The number of thioether (sulfide) groups is 1. The predicted octanol–water partition coefficient (Wildman–Crippen LogP) is 5.03. The lowest BCUT2D eigenvalue weighted by Gasteiger charge is -2.29. The van der Waals surface area contributed by atoms with E-state index in [0.717, 1.165) is 23.9 Å². The Kier molecular flexibility index (Phi) is 6.05. The summed E-state index contributed by atoms with van der Waals surface area (Å²) in [7, 11) is 0. The fourth-order valence-corrected chi connectivity index (χ4v) is 4.00. The third kappa shape index (κ3) is 4.25. The first-order valence-corrected chi connectivity index (χ1v) is 9.53. The summed E-state index contributed by atoms with van der Waals surface area (Å²) < 4.78 is 17.1. The lowest BCUT2D eigenvalue weighted by Crippen LogP contribution is -2.19. The molecular formula is C20H24O3S. The molecule has 1 saturated heterocycles. The second-order valence-electron chi connectivity index (χ2n) is 5.70. The summed E-state index contributed by atoms with van der Waals surface area (Å²) in [4.78, 5) is 0. The second kappa shape index (κ2) is 8.45. The molecule has 4 heteroatoms. The molecule has 0 aromatic heterocycles. The van der Waals surface area contributed by atoms with Crippen molar-refractivity contribution >= 4 is 11.8 Å². The summed E-state index contributed by atoms with van der Waals surface area (Å²) in [6.45, 7) is 6.14. The number of benzene rings is 2. The molecule has 0 bridgehead atoms. The number of hydrogen-bond donors (Lipinski definition) is 0. The molecule has 0 aliphatic carbocycles. The van der Waals surface area contributed by atoms with E-state index >= 15 is 0 Å².